The highest BCUT2D eigenvalue weighted by atomic mass is 32.2. The SMILES string of the molecule is O=C(O)C1(NC2CCCC2)CCSC1. The van der Waals surface area contributed by atoms with E-state index in [2.05, 4.69) is 5.32 Å². The van der Waals surface area contributed by atoms with E-state index < -0.39 is 11.5 Å². The fourth-order valence-electron chi connectivity index (χ4n) is 2.37. The molecule has 14 heavy (non-hydrogen) atoms. The van der Waals surface area contributed by atoms with Crippen LogP contribution in [-0.4, -0.2) is 34.2 Å². The molecule has 2 N–H and O–H groups in total. The molecule has 0 spiro atoms. The monoisotopic (exact) mass is 215 g/mol. The first-order valence-electron chi connectivity index (χ1n) is 5.32. The molecule has 2 fully saturated rings. The fourth-order valence-corrected chi connectivity index (χ4v) is 3.71. The van der Waals surface area contributed by atoms with E-state index in [1.807, 2.05) is 0 Å². The predicted molar refractivity (Wildman–Crippen MR) is 57.7 cm³/mol. The molecule has 4 heteroatoms. The van der Waals surface area contributed by atoms with Crippen LogP contribution < -0.4 is 5.32 Å². The average Bonchev–Trinajstić information content (AvgIpc) is 2.76. The molecule has 1 saturated heterocycles. The Balaban J connectivity index is 1.99. The highest BCUT2D eigenvalue weighted by Gasteiger charge is 2.43. The van der Waals surface area contributed by atoms with Crippen molar-refractivity contribution < 1.29 is 9.90 Å². The summed E-state index contributed by atoms with van der Waals surface area (Å²) in [7, 11) is 0. The maximum Gasteiger partial charge on any atom is 0.324 e. The van der Waals surface area contributed by atoms with Crippen molar-refractivity contribution in [1.29, 1.82) is 0 Å². The molecule has 3 nitrogen and oxygen atoms in total. The van der Waals surface area contributed by atoms with Gasteiger partial charge in [-0.15, -0.1) is 0 Å². The van der Waals surface area contributed by atoms with Gasteiger partial charge < -0.3 is 5.11 Å². The lowest BCUT2D eigenvalue weighted by Crippen LogP contribution is -2.55. The molecular weight excluding hydrogens is 198 g/mol. The number of hydrogen-bond donors (Lipinski definition) is 2. The molecule has 1 atom stereocenters. The van der Waals surface area contributed by atoms with Crippen molar-refractivity contribution >= 4 is 17.7 Å². The van der Waals surface area contributed by atoms with E-state index in [9.17, 15) is 9.90 Å². The molecule has 80 valence electrons. The van der Waals surface area contributed by atoms with E-state index in [4.69, 9.17) is 0 Å². The lowest BCUT2D eigenvalue weighted by Gasteiger charge is -2.28. The molecule has 0 aromatic heterocycles. The van der Waals surface area contributed by atoms with Gasteiger partial charge in [0.15, 0.2) is 0 Å². The minimum atomic E-state index is -0.658. The molecule has 0 radical (unpaired) electrons. The highest BCUT2D eigenvalue weighted by Crippen LogP contribution is 2.31. The molecule has 0 bridgehead atoms. The van der Waals surface area contributed by atoms with E-state index in [0.29, 0.717) is 6.04 Å². The summed E-state index contributed by atoms with van der Waals surface area (Å²) in [5.74, 6) is 1.06. The lowest BCUT2D eigenvalue weighted by atomic mass is 9.97. The smallest absolute Gasteiger partial charge is 0.324 e. The molecule has 1 unspecified atom stereocenters. The molecule has 1 heterocycles. The molecular formula is C10H17NO2S. The number of aliphatic carboxylic acids is 1. The number of nitrogens with one attached hydrogen (secondary N) is 1. The summed E-state index contributed by atoms with van der Waals surface area (Å²) in [6.07, 6.45) is 5.59. The largest absolute Gasteiger partial charge is 0.480 e. The third-order valence-corrected chi connectivity index (χ3v) is 4.46. The van der Waals surface area contributed by atoms with E-state index in [1.54, 1.807) is 11.8 Å². The minimum absolute atomic E-state index is 0.449. The number of carboxylic acid groups (broad SMARTS) is 1. The molecule has 0 amide bonds. The average molecular weight is 215 g/mol. The van der Waals surface area contributed by atoms with Crippen molar-refractivity contribution in [3.05, 3.63) is 0 Å². The third kappa shape index (κ3) is 1.91. The van der Waals surface area contributed by atoms with Crippen LogP contribution in [0.3, 0.4) is 0 Å². The Morgan fingerprint density at radius 3 is 2.64 bits per heavy atom. The Hall–Kier alpha value is -0.220. The zero-order valence-corrected chi connectivity index (χ0v) is 9.11. The van der Waals surface area contributed by atoms with Gasteiger partial charge in [-0.3, -0.25) is 10.1 Å². The first kappa shape index (κ1) is 10.3. The molecule has 1 aliphatic heterocycles. The summed E-state index contributed by atoms with van der Waals surface area (Å²) in [5.41, 5.74) is -0.611. The quantitative estimate of drug-likeness (QED) is 0.748. The van der Waals surface area contributed by atoms with Crippen LogP contribution in [0.2, 0.25) is 0 Å². The van der Waals surface area contributed by atoms with Crippen LogP contribution in [0.1, 0.15) is 32.1 Å². The normalized spacial score (nSPS) is 33.7. The van der Waals surface area contributed by atoms with Crippen LogP contribution in [0.4, 0.5) is 0 Å². The standard InChI is InChI=1S/C10H17NO2S/c12-9(13)10(5-6-14-7-10)11-8-3-1-2-4-8/h8,11H,1-7H2,(H,12,13). The molecule has 2 aliphatic rings. The van der Waals surface area contributed by atoms with Gasteiger partial charge in [-0.25, -0.2) is 0 Å². The number of thioether (sulfide) groups is 1. The summed E-state index contributed by atoms with van der Waals surface area (Å²) in [6.45, 7) is 0. The second-order valence-electron chi connectivity index (χ2n) is 4.32. The van der Waals surface area contributed by atoms with Crippen molar-refractivity contribution in [2.45, 2.75) is 43.7 Å². The van der Waals surface area contributed by atoms with Gasteiger partial charge in [-0.2, -0.15) is 11.8 Å². The number of rotatable bonds is 3. The Kier molecular flexibility index (Phi) is 3.02. The fraction of sp³-hybridized carbons (Fsp3) is 0.900. The van der Waals surface area contributed by atoms with E-state index in [0.717, 1.165) is 30.8 Å². The maximum absolute atomic E-state index is 11.2. The predicted octanol–water partition coefficient (Wildman–Crippen LogP) is 1.48. The van der Waals surface area contributed by atoms with Gasteiger partial charge in [0.05, 0.1) is 0 Å². The summed E-state index contributed by atoms with van der Waals surface area (Å²) >= 11 is 1.75. The Labute approximate surface area is 88.6 Å². The summed E-state index contributed by atoms with van der Waals surface area (Å²) in [6, 6.07) is 0.449. The van der Waals surface area contributed by atoms with Gasteiger partial charge in [0.2, 0.25) is 0 Å². The van der Waals surface area contributed by atoms with Crippen molar-refractivity contribution in [2.75, 3.05) is 11.5 Å². The molecule has 1 saturated carbocycles. The van der Waals surface area contributed by atoms with Gasteiger partial charge in [-0.05, 0) is 25.0 Å². The van der Waals surface area contributed by atoms with Crippen LogP contribution in [-0.2, 0) is 4.79 Å². The van der Waals surface area contributed by atoms with E-state index >= 15 is 0 Å². The van der Waals surface area contributed by atoms with Crippen LogP contribution >= 0.6 is 11.8 Å². The van der Waals surface area contributed by atoms with Gasteiger partial charge in [-0.1, -0.05) is 12.8 Å². The Bertz CT molecular complexity index is 220. The molecule has 0 aromatic carbocycles. The number of hydrogen-bond acceptors (Lipinski definition) is 3. The number of carbonyl (C=O) groups is 1. The summed E-state index contributed by atoms with van der Waals surface area (Å²) in [5, 5.41) is 12.6. The lowest BCUT2D eigenvalue weighted by molar-refractivity contribution is -0.144. The van der Waals surface area contributed by atoms with Gasteiger partial charge >= 0.3 is 5.97 Å². The zero-order chi connectivity index (χ0) is 10.0. The van der Waals surface area contributed by atoms with Crippen LogP contribution in [0.25, 0.3) is 0 Å². The van der Waals surface area contributed by atoms with Crippen LogP contribution in [0.5, 0.6) is 0 Å². The first-order chi connectivity index (χ1) is 6.73. The van der Waals surface area contributed by atoms with Crippen molar-refractivity contribution in [3.8, 4) is 0 Å². The molecule has 0 aromatic rings. The Morgan fingerprint density at radius 1 is 1.43 bits per heavy atom. The summed E-state index contributed by atoms with van der Waals surface area (Å²) < 4.78 is 0. The molecule has 2 rings (SSSR count). The van der Waals surface area contributed by atoms with E-state index in [-0.39, 0.29) is 0 Å². The number of carboxylic acids is 1. The van der Waals surface area contributed by atoms with Crippen LogP contribution in [0.15, 0.2) is 0 Å². The van der Waals surface area contributed by atoms with Gasteiger partial charge in [0.25, 0.3) is 0 Å². The maximum atomic E-state index is 11.2. The Morgan fingerprint density at radius 2 is 2.14 bits per heavy atom. The van der Waals surface area contributed by atoms with Crippen molar-refractivity contribution in [3.63, 3.8) is 0 Å². The first-order valence-corrected chi connectivity index (χ1v) is 6.47. The minimum Gasteiger partial charge on any atom is -0.480 e. The van der Waals surface area contributed by atoms with Crippen LogP contribution in [0, 0.1) is 0 Å². The third-order valence-electron chi connectivity index (χ3n) is 3.27. The second-order valence-corrected chi connectivity index (χ2v) is 5.42. The van der Waals surface area contributed by atoms with Crippen molar-refractivity contribution in [2.24, 2.45) is 0 Å². The summed E-state index contributed by atoms with van der Waals surface area (Å²) in [4.78, 5) is 11.2. The highest BCUT2D eigenvalue weighted by molar-refractivity contribution is 7.99. The van der Waals surface area contributed by atoms with Gasteiger partial charge in [0.1, 0.15) is 5.54 Å². The van der Waals surface area contributed by atoms with Crippen molar-refractivity contribution in [1.82, 2.24) is 5.32 Å². The zero-order valence-electron chi connectivity index (χ0n) is 8.29. The topological polar surface area (TPSA) is 49.3 Å². The second kappa shape index (κ2) is 4.11. The van der Waals surface area contributed by atoms with E-state index in [1.165, 1.54) is 12.8 Å². The molecule has 1 aliphatic carbocycles. The van der Waals surface area contributed by atoms with Gasteiger partial charge in [0, 0.05) is 11.8 Å².